The van der Waals surface area contributed by atoms with Crippen molar-refractivity contribution in [3.63, 3.8) is 0 Å². The summed E-state index contributed by atoms with van der Waals surface area (Å²) in [5.41, 5.74) is 4.35. The van der Waals surface area contributed by atoms with Gasteiger partial charge in [0.1, 0.15) is 18.0 Å². The molecule has 0 unspecified atom stereocenters. The molecule has 0 fully saturated rings. The molecule has 0 aliphatic rings. The lowest BCUT2D eigenvalue weighted by Gasteiger charge is -2.07. The summed E-state index contributed by atoms with van der Waals surface area (Å²) in [6.07, 6.45) is 1.42. The maximum atomic E-state index is 6.03. The molecule has 2 aromatic rings. The number of hydrazine groups is 1. The van der Waals surface area contributed by atoms with Crippen molar-refractivity contribution >= 4 is 28.9 Å². The van der Waals surface area contributed by atoms with Crippen molar-refractivity contribution in [1.29, 1.82) is 0 Å². The van der Waals surface area contributed by atoms with Crippen molar-refractivity contribution in [2.45, 2.75) is 6.92 Å². The molecule has 0 atom stereocenters. The van der Waals surface area contributed by atoms with Gasteiger partial charge in [-0.05, 0) is 24.6 Å². The first kappa shape index (κ1) is 11.6. The minimum atomic E-state index is 0.542. The van der Waals surface area contributed by atoms with Crippen LogP contribution in [0.25, 0.3) is 0 Å². The van der Waals surface area contributed by atoms with Crippen LogP contribution >= 0.6 is 11.6 Å². The lowest BCUT2D eigenvalue weighted by molar-refractivity contribution is 1.14. The summed E-state index contributed by atoms with van der Waals surface area (Å²) >= 11 is 6.03. The van der Waals surface area contributed by atoms with Gasteiger partial charge in [0.25, 0.3) is 0 Å². The van der Waals surface area contributed by atoms with Crippen LogP contribution in [0.4, 0.5) is 17.3 Å². The van der Waals surface area contributed by atoms with Crippen LogP contribution in [-0.4, -0.2) is 9.97 Å². The maximum absolute atomic E-state index is 6.03. The number of aryl methyl sites for hydroxylation is 1. The van der Waals surface area contributed by atoms with Gasteiger partial charge in [-0.3, -0.25) is 0 Å². The number of halogens is 1. The smallest absolute Gasteiger partial charge is 0.145 e. The zero-order chi connectivity index (χ0) is 12.3. The molecule has 0 saturated heterocycles. The Morgan fingerprint density at radius 3 is 2.65 bits per heavy atom. The van der Waals surface area contributed by atoms with Crippen LogP contribution in [0, 0.1) is 6.92 Å². The SMILES string of the molecule is Cc1ccc(Nc2cc(NN)ncn2)cc1Cl. The van der Waals surface area contributed by atoms with E-state index in [1.165, 1.54) is 6.33 Å². The van der Waals surface area contributed by atoms with Crippen LogP contribution in [0.2, 0.25) is 5.02 Å². The Morgan fingerprint density at radius 2 is 1.94 bits per heavy atom. The Labute approximate surface area is 104 Å². The predicted octanol–water partition coefficient (Wildman–Crippen LogP) is 2.47. The molecular formula is C11H12ClN5. The molecule has 6 heteroatoms. The van der Waals surface area contributed by atoms with Crippen molar-refractivity contribution < 1.29 is 0 Å². The van der Waals surface area contributed by atoms with Gasteiger partial charge in [-0.2, -0.15) is 0 Å². The predicted molar refractivity (Wildman–Crippen MR) is 69.3 cm³/mol. The van der Waals surface area contributed by atoms with Gasteiger partial charge in [-0.1, -0.05) is 17.7 Å². The van der Waals surface area contributed by atoms with Crippen LogP contribution in [-0.2, 0) is 0 Å². The lowest BCUT2D eigenvalue weighted by atomic mass is 10.2. The zero-order valence-electron chi connectivity index (χ0n) is 9.24. The molecule has 5 nitrogen and oxygen atoms in total. The molecule has 88 valence electrons. The zero-order valence-corrected chi connectivity index (χ0v) is 9.99. The average molecular weight is 250 g/mol. The molecular weight excluding hydrogens is 238 g/mol. The number of nitrogens with zero attached hydrogens (tertiary/aromatic N) is 2. The molecule has 0 saturated carbocycles. The van der Waals surface area contributed by atoms with Crippen molar-refractivity contribution in [1.82, 2.24) is 9.97 Å². The van der Waals surface area contributed by atoms with Gasteiger partial charge in [-0.25, -0.2) is 15.8 Å². The third kappa shape index (κ3) is 2.83. The minimum Gasteiger partial charge on any atom is -0.340 e. The van der Waals surface area contributed by atoms with E-state index in [0.717, 1.165) is 11.3 Å². The molecule has 1 aromatic heterocycles. The number of nitrogens with two attached hydrogens (primary N) is 1. The highest BCUT2D eigenvalue weighted by atomic mass is 35.5. The van der Waals surface area contributed by atoms with E-state index in [1.807, 2.05) is 25.1 Å². The van der Waals surface area contributed by atoms with Gasteiger partial charge in [0, 0.05) is 16.8 Å². The van der Waals surface area contributed by atoms with E-state index >= 15 is 0 Å². The molecule has 1 aromatic carbocycles. The van der Waals surface area contributed by atoms with Crippen molar-refractivity contribution in [2.75, 3.05) is 10.7 Å². The summed E-state index contributed by atoms with van der Waals surface area (Å²) in [7, 11) is 0. The van der Waals surface area contributed by atoms with E-state index in [-0.39, 0.29) is 0 Å². The third-order valence-corrected chi connectivity index (χ3v) is 2.67. The van der Waals surface area contributed by atoms with Crippen molar-refractivity contribution in [2.24, 2.45) is 5.84 Å². The average Bonchev–Trinajstić information content (AvgIpc) is 2.34. The number of benzene rings is 1. The highest BCUT2D eigenvalue weighted by Gasteiger charge is 2.00. The van der Waals surface area contributed by atoms with Crippen molar-refractivity contribution in [3.8, 4) is 0 Å². The van der Waals surface area contributed by atoms with Gasteiger partial charge in [-0.15, -0.1) is 0 Å². The molecule has 17 heavy (non-hydrogen) atoms. The Balaban J connectivity index is 2.22. The Hall–Kier alpha value is -1.85. The normalized spacial score (nSPS) is 10.1. The number of rotatable bonds is 3. The number of nitrogen functional groups attached to an aromatic ring is 1. The summed E-state index contributed by atoms with van der Waals surface area (Å²) in [6, 6.07) is 7.41. The van der Waals surface area contributed by atoms with Crippen LogP contribution in [0.5, 0.6) is 0 Å². The number of nitrogens with one attached hydrogen (secondary N) is 2. The third-order valence-electron chi connectivity index (χ3n) is 2.26. The highest BCUT2D eigenvalue weighted by molar-refractivity contribution is 6.31. The van der Waals surface area contributed by atoms with Crippen LogP contribution < -0.4 is 16.6 Å². The molecule has 0 spiro atoms. The fourth-order valence-electron chi connectivity index (χ4n) is 1.32. The van der Waals surface area contributed by atoms with Gasteiger partial charge in [0.15, 0.2) is 0 Å². The number of hydrogen-bond acceptors (Lipinski definition) is 5. The van der Waals surface area contributed by atoms with Gasteiger partial charge >= 0.3 is 0 Å². The van der Waals surface area contributed by atoms with Gasteiger partial charge in [0.05, 0.1) is 0 Å². The quantitative estimate of drug-likeness (QED) is 0.576. The topological polar surface area (TPSA) is 75.9 Å². The monoisotopic (exact) mass is 249 g/mol. The first-order valence-electron chi connectivity index (χ1n) is 5.01. The summed E-state index contributed by atoms with van der Waals surface area (Å²) in [5, 5.41) is 3.83. The Kier molecular flexibility index (Phi) is 3.41. The van der Waals surface area contributed by atoms with Crippen LogP contribution in [0.3, 0.4) is 0 Å². The summed E-state index contributed by atoms with van der Waals surface area (Å²) in [4.78, 5) is 7.99. The van der Waals surface area contributed by atoms with Gasteiger partial charge in [0.2, 0.25) is 0 Å². The standard InChI is InChI=1S/C11H12ClN5/c1-7-2-3-8(4-9(7)12)16-10-5-11(17-13)15-6-14-10/h2-6H,13H2,1H3,(H2,14,15,16,17). The summed E-state index contributed by atoms with van der Waals surface area (Å²) in [6.45, 7) is 1.95. The molecule has 0 aliphatic carbocycles. The number of aromatic nitrogens is 2. The van der Waals surface area contributed by atoms with E-state index < -0.39 is 0 Å². The minimum absolute atomic E-state index is 0.542. The lowest BCUT2D eigenvalue weighted by Crippen LogP contribution is -2.09. The second-order valence-electron chi connectivity index (χ2n) is 3.52. The largest absolute Gasteiger partial charge is 0.340 e. The molecule has 1 heterocycles. The Morgan fingerprint density at radius 1 is 1.18 bits per heavy atom. The summed E-state index contributed by atoms with van der Waals surface area (Å²) < 4.78 is 0. The second kappa shape index (κ2) is 4.99. The van der Waals surface area contributed by atoms with Crippen LogP contribution in [0.1, 0.15) is 5.56 Å². The number of hydrogen-bond donors (Lipinski definition) is 3. The van der Waals surface area contributed by atoms with E-state index in [2.05, 4.69) is 20.7 Å². The fourth-order valence-corrected chi connectivity index (χ4v) is 1.50. The fraction of sp³-hybridized carbons (Fsp3) is 0.0909. The Bertz CT molecular complexity index is 529. The molecule has 0 radical (unpaired) electrons. The van der Waals surface area contributed by atoms with Crippen molar-refractivity contribution in [3.05, 3.63) is 41.2 Å². The van der Waals surface area contributed by atoms with E-state index in [1.54, 1.807) is 6.07 Å². The van der Waals surface area contributed by atoms with E-state index in [0.29, 0.717) is 16.7 Å². The van der Waals surface area contributed by atoms with E-state index in [9.17, 15) is 0 Å². The first-order chi connectivity index (χ1) is 8.19. The molecule has 0 aliphatic heterocycles. The first-order valence-corrected chi connectivity index (χ1v) is 5.38. The van der Waals surface area contributed by atoms with Gasteiger partial charge < -0.3 is 10.7 Å². The second-order valence-corrected chi connectivity index (χ2v) is 3.93. The number of anilines is 3. The highest BCUT2D eigenvalue weighted by Crippen LogP contribution is 2.22. The molecule has 0 bridgehead atoms. The molecule has 4 N–H and O–H groups in total. The molecule has 0 amide bonds. The maximum Gasteiger partial charge on any atom is 0.145 e. The van der Waals surface area contributed by atoms with E-state index in [4.69, 9.17) is 17.4 Å². The van der Waals surface area contributed by atoms with Crippen LogP contribution in [0.15, 0.2) is 30.6 Å². The summed E-state index contributed by atoms with van der Waals surface area (Å²) in [5.74, 6) is 6.46. The molecule has 2 rings (SSSR count).